The van der Waals surface area contributed by atoms with E-state index in [0.717, 1.165) is 24.1 Å². The van der Waals surface area contributed by atoms with Crippen LogP contribution in [0.3, 0.4) is 0 Å². The summed E-state index contributed by atoms with van der Waals surface area (Å²) in [6.45, 7) is 4.21. The summed E-state index contributed by atoms with van der Waals surface area (Å²) >= 11 is 6.16. The molecule has 3 rings (SSSR count). The molecule has 1 aromatic carbocycles. The van der Waals surface area contributed by atoms with Gasteiger partial charge >= 0.3 is 0 Å². The Kier molecular flexibility index (Phi) is 3.66. The van der Waals surface area contributed by atoms with E-state index in [1.165, 1.54) is 11.1 Å². The van der Waals surface area contributed by atoms with Crippen LogP contribution in [0.1, 0.15) is 35.4 Å². The molecule has 1 aliphatic rings. The zero-order valence-corrected chi connectivity index (χ0v) is 12.6. The van der Waals surface area contributed by atoms with Gasteiger partial charge in [0.15, 0.2) is 5.15 Å². The first-order chi connectivity index (χ1) is 9.63. The Hall–Kier alpha value is -1.54. The number of aromatic nitrogens is 1. The monoisotopic (exact) mass is 286 g/mol. The summed E-state index contributed by atoms with van der Waals surface area (Å²) in [5.41, 5.74) is 4.94. The SMILES string of the molecule is Cc1cccc(C2CC(Nc3c(C)ccnc3Cl)C2)c1. The predicted molar refractivity (Wildman–Crippen MR) is 84.5 cm³/mol. The molecule has 0 aliphatic heterocycles. The second-order valence-corrected chi connectivity index (χ2v) is 6.08. The fourth-order valence-corrected chi connectivity index (χ4v) is 3.09. The number of benzene rings is 1. The number of nitrogens with one attached hydrogen (secondary N) is 1. The van der Waals surface area contributed by atoms with Crippen LogP contribution in [0.5, 0.6) is 0 Å². The number of halogens is 1. The van der Waals surface area contributed by atoms with E-state index in [9.17, 15) is 0 Å². The van der Waals surface area contributed by atoms with Crippen molar-refractivity contribution in [2.45, 2.75) is 38.6 Å². The number of aryl methyl sites for hydroxylation is 2. The topological polar surface area (TPSA) is 24.9 Å². The van der Waals surface area contributed by atoms with Gasteiger partial charge in [0.2, 0.25) is 0 Å². The quantitative estimate of drug-likeness (QED) is 0.827. The minimum Gasteiger partial charge on any atom is -0.380 e. The van der Waals surface area contributed by atoms with Crippen molar-refractivity contribution in [3.8, 4) is 0 Å². The van der Waals surface area contributed by atoms with Gasteiger partial charge in [-0.3, -0.25) is 0 Å². The maximum Gasteiger partial charge on any atom is 0.152 e. The molecule has 1 fully saturated rings. The molecule has 0 amide bonds. The predicted octanol–water partition coefficient (Wildman–Crippen LogP) is 4.71. The first kappa shape index (κ1) is 13.4. The van der Waals surface area contributed by atoms with Gasteiger partial charge in [0.25, 0.3) is 0 Å². The van der Waals surface area contributed by atoms with Crippen LogP contribution in [-0.4, -0.2) is 11.0 Å². The molecule has 0 atom stereocenters. The van der Waals surface area contributed by atoms with Crippen LogP contribution in [0.15, 0.2) is 36.5 Å². The normalized spacial score (nSPS) is 21.4. The minimum absolute atomic E-state index is 0.501. The van der Waals surface area contributed by atoms with E-state index in [4.69, 9.17) is 11.6 Å². The van der Waals surface area contributed by atoms with Gasteiger partial charge in [0, 0.05) is 12.2 Å². The molecule has 104 valence electrons. The van der Waals surface area contributed by atoms with Crippen molar-refractivity contribution in [2.75, 3.05) is 5.32 Å². The third kappa shape index (κ3) is 2.66. The highest BCUT2D eigenvalue weighted by molar-refractivity contribution is 6.32. The van der Waals surface area contributed by atoms with Crippen molar-refractivity contribution < 1.29 is 0 Å². The smallest absolute Gasteiger partial charge is 0.152 e. The van der Waals surface area contributed by atoms with Gasteiger partial charge in [-0.2, -0.15) is 0 Å². The molecular formula is C17H19ClN2. The molecule has 0 spiro atoms. The highest BCUT2D eigenvalue weighted by Crippen LogP contribution is 2.39. The van der Waals surface area contributed by atoms with E-state index in [1.807, 2.05) is 6.07 Å². The van der Waals surface area contributed by atoms with Crippen LogP contribution in [-0.2, 0) is 0 Å². The average Bonchev–Trinajstić information content (AvgIpc) is 2.36. The fourth-order valence-electron chi connectivity index (χ4n) is 2.83. The van der Waals surface area contributed by atoms with Crippen LogP contribution in [0, 0.1) is 13.8 Å². The molecule has 20 heavy (non-hydrogen) atoms. The number of hydrogen-bond acceptors (Lipinski definition) is 2. The zero-order chi connectivity index (χ0) is 14.1. The van der Waals surface area contributed by atoms with Gasteiger partial charge < -0.3 is 5.32 Å². The molecule has 0 bridgehead atoms. The Morgan fingerprint density at radius 3 is 2.70 bits per heavy atom. The third-order valence-electron chi connectivity index (χ3n) is 4.11. The number of nitrogens with zero attached hydrogens (tertiary/aromatic N) is 1. The standard InChI is InChI=1S/C17H19ClN2/c1-11-4-3-5-13(8-11)14-9-15(10-14)20-16-12(2)6-7-19-17(16)18/h3-8,14-15,20H,9-10H2,1-2H3. The summed E-state index contributed by atoms with van der Waals surface area (Å²) in [5.74, 6) is 0.670. The lowest BCUT2D eigenvalue weighted by molar-refractivity contribution is 0.374. The summed E-state index contributed by atoms with van der Waals surface area (Å²) in [7, 11) is 0. The number of anilines is 1. The van der Waals surface area contributed by atoms with Crippen molar-refractivity contribution in [1.29, 1.82) is 0 Å². The lowest BCUT2D eigenvalue weighted by atomic mass is 9.75. The summed E-state index contributed by atoms with van der Waals surface area (Å²) < 4.78 is 0. The van der Waals surface area contributed by atoms with E-state index in [0.29, 0.717) is 17.1 Å². The van der Waals surface area contributed by atoms with Crippen molar-refractivity contribution in [2.24, 2.45) is 0 Å². The van der Waals surface area contributed by atoms with Gasteiger partial charge in [-0.25, -0.2) is 4.98 Å². The lowest BCUT2D eigenvalue weighted by Crippen LogP contribution is -2.34. The van der Waals surface area contributed by atoms with Crippen molar-refractivity contribution in [3.05, 3.63) is 58.4 Å². The molecule has 1 saturated carbocycles. The van der Waals surface area contributed by atoms with Crippen molar-refractivity contribution >= 4 is 17.3 Å². The van der Waals surface area contributed by atoms with Crippen molar-refractivity contribution in [1.82, 2.24) is 4.98 Å². The van der Waals surface area contributed by atoms with Gasteiger partial charge in [-0.1, -0.05) is 41.4 Å². The van der Waals surface area contributed by atoms with E-state index in [-0.39, 0.29) is 0 Å². The zero-order valence-electron chi connectivity index (χ0n) is 11.9. The Balaban J connectivity index is 1.64. The van der Waals surface area contributed by atoms with Crippen molar-refractivity contribution in [3.63, 3.8) is 0 Å². The molecule has 2 aromatic rings. The number of pyridine rings is 1. The Morgan fingerprint density at radius 2 is 2.00 bits per heavy atom. The van der Waals surface area contributed by atoms with Gasteiger partial charge in [0.05, 0.1) is 5.69 Å². The van der Waals surface area contributed by atoms with Crippen LogP contribution in [0.2, 0.25) is 5.15 Å². The minimum atomic E-state index is 0.501. The molecule has 1 heterocycles. The summed E-state index contributed by atoms with van der Waals surface area (Å²) in [5, 5.41) is 4.11. The van der Waals surface area contributed by atoms with Crippen LogP contribution in [0.25, 0.3) is 0 Å². The van der Waals surface area contributed by atoms with E-state index < -0.39 is 0 Å². The number of hydrogen-bond donors (Lipinski definition) is 1. The fraction of sp³-hybridized carbons (Fsp3) is 0.353. The van der Waals surface area contributed by atoms with Gasteiger partial charge in [-0.15, -0.1) is 0 Å². The lowest BCUT2D eigenvalue weighted by Gasteiger charge is -2.37. The molecule has 0 radical (unpaired) electrons. The van der Waals surface area contributed by atoms with Crippen LogP contribution < -0.4 is 5.32 Å². The van der Waals surface area contributed by atoms with Crippen LogP contribution >= 0.6 is 11.6 Å². The second kappa shape index (κ2) is 5.45. The average molecular weight is 287 g/mol. The summed E-state index contributed by atoms with van der Waals surface area (Å²) in [6, 6.07) is 11.3. The second-order valence-electron chi connectivity index (χ2n) is 5.72. The molecule has 1 aliphatic carbocycles. The third-order valence-corrected chi connectivity index (χ3v) is 4.40. The van der Waals surface area contributed by atoms with Gasteiger partial charge in [-0.05, 0) is 49.8 Å². The highest BCUT2D eigenvalue weighted by Gasteiger charge is 2.30. The molecule has 1 N–H and O–H groups in total. The summed E-state index contributed by atoms with van der Waals surface area (Å²) in [4.78, 5) is 4.14. The number of rotatable bonds is 3. The molecular weight excluding hydrogens is 268 g/mol. The van der Waals surface area contributed by atoms with Gasteiger partial charge in [0.1, 0.15) is 0 Å². The highest BCUT2D eigenvalue weighted by atomic mass is 35.5. The largest absolute Gasteiger partial charge is 0.380 e. The Labute approximate surface area is 125 Å². The Bertz CT molecular complexity index is 598. The molecule has 0 saturated heterocycles. The first-order valence-corrected chi connectivity index (χ1v) is 7.45. The van der Waals surface area contributed by atoms with E-state index in [2.05, 4.69) is 48.4 Å². The maximum atomic E-state index is 6.16. The first-order valence-electron chi connectivity index (χ1n) is 7.07. The van der Waals surface area contributed by atoms with E-state index in [1.54, 1.807) is 6.20 Å². The summed E-state index contributed by atoms with van der Waals surface area (Å²) in [6.07, 6.45) is 4.07. The molecule has 0 unspecified atom stereocenters. The molecule has 3 heteroatoms. The van der Waals surface area contributed by atoms with Crippen LogP contribution in [0.4, 0.5) is 5.69 Å². The molecule has 1 aromatic heterocycles. The maximum absolute atomic E-state index is 6.16. The van der Waals surface area contributed by atoms with E-state index >= 15 is 0 Å². The Morgan fingerprint density at radius 1 is 1.20 bits per heavy atom. The molecule has 2 nitrogen and oxygen atoms in total.